The van der Waals surface area contributed by atoms with Crippen molar-refractivity contribution < 1.29 is 0 Å². The number of benzene rings is 1. The Morgan fingerprint density at radius 2 is 2.00 bits per heavy atom. The van der Waals surface area contributed by atoms with Gasteiger partial charge < -0.3 is 5.73 Å². The maximum Gasteiger partial charge on any atom is 0.125 e. The zero-order valence-corrected chi connectivity index (χ0v) is 9.72. The van der Waals surface area contributed by atoms with Crippen LogP contribution in [0, 0.1) is 6.92 Å². The second-order valence-corrected chi connectivity index (χ2v) is 3.99. The normalized spacial score (nSPS) is 12.6. The third-order valence-corrected chi connectivity index (χ3v) is 2.89. The molecule has 2 rings (SSSR count). The summed E-state index contributed by atoms with van der Waals surface area (Å²) in [5.41, 5.74) is 8.30. The average Bonchev–Trinajstić information content (AvgIpc) is 2.64. The van der Waals surface area contributed by atoms with E-state index < -0.39 is 0 Å². The molecule has 84 valence electrons. The van der Waals surface area contributed by atoms with Crippen LogP contribution in [-0.2, 0) is 0 Å². The van der Waals surface area contributed by atoms with E-state index in [0.717, 1.165) is 17.8 Å². The molecule has 0 bridgehead atoms. The van der Waals surface area contributed by atoms with Crippen LogP contribution in [0.15, 0.2) is 36.5 Å². The molecular formula is C13H17N3. The van der Waals surface area contributed by atoms with Gasteiger partial charge in [-0.2, -0.15) is 5.10 Å². The van der Waals surface area contributed by atoms with E-state index in [0.29, 0.717) is 0 Å². The molecule has 0 fully saturated rings. The fourth-order valence-electron chi connectivity index (χ4n) is 1.93. The van der Waals surface area contributed by atoms with Crippen LogP contribution in [0.25, 0.3) is 0 Å². The Labute approximate surface area is 95.9 Å². The van der Waals surface area contributed by atoms with Crippen molar-refractivity contribution in [1.29, 1.82) is 0 Å². The first kappa shape index (κ1) is 10.7. The van der Waals surface area contributed by atoms with Crippen LogP contribution in [-0.4, -0.2) is 9.78 Å². The predicted octanol–water partition coefficient (Wildman–Crippen LogP) is 2.77. The van der Waals surface area contributed by atoms with Crippen molar-refractivity contribution >= 4 is 5.82 Å². The molecule has 1 aromatic carbocycles. The van der Waals surface area contributed by atoms with E-state index >= 15 is 0 Å². The SMILES string of the molecule is CCC(c1ccccc1)n1ncc(C)c1N. The summed E-state index contributed by atoms with van der Waals surface area (Å²) >= 11 is 0. The minimum atomic E-state index is 0.231. The van der Waals surface area contributed by atoms with Gasteiger partial charge in [-0.1, -0.05) is 37.3 Å². The molecule has 3 nitrogen and oxygen atoms in total. The van der Waals surface area contributed by atoms with Crippen molar-refractivity contribution in [2.45, 2.75) is 26.3 Å². The summed E-state index contributed by atoms with van der Waals surface area (Å²) < 4.78 is 1.91. The average molecular weight is 215 g/mol. The largest absolute Gasteiger partial charge is 0.384 e. The quantitative estimate of drug-likeness (QED) is 0.855. The smallest absolute Gasteiger partial charge is 0.125 e. The molecule has 2 N–H and O–H groups in total. The first-order valence-corrected chi connectivity index (χ1v) is 5.58. The molecule has 3 heteroatoms. The molecule has 0 aliphatic rings. The minimum Gasteiger partial charge on any atom is -0.384 e. The fraction of sp³-hybridized carbons (Fsp3) is 0.308. The Kier molecular flexibility index (Phi) is 2.95. The number of nitrogens with two attached hydrogens (primary N) is 1. The summed E-state index contributed by atoms with van der Waals surface area (Å²) in [5.74, 6) is 0.760. The molecule has 1 unspecified atom stereocenters. The van der Waals surface area contributed by atoms with E-state index in [9.17, 15) is 0 Å². The van der Waals surface area contributed by atoms with Gasteiger partial charge in [-0.05, 0) is 18.9 Å². The number of hydrogen-bond donors (Lipinski definition) is 1. The van der Waals surface area contributed by atoms with Crippen molar-refractivity contribution in [1.82, 2.24) is 9.78 Å². The summed E-state index contributed by atoms with van der Waals surface area (Å²) in [4.78, 5) is 0. The third-order valence-electron chi connectivity index (χ3n) is 2.89. The van der Waals surface area contributed by atoms with E-state index in [2.05, 4.69) is 24.2 Å². The van der Waals surface area contributed by atoms with Crippen LogP contribution in [0.1, 0.15) is 30.5 Å². The molecular weight excluding hydrogens is 198 g/mol. The van der Waals surface area contributed by atoms with E-state index in [1.54, 1.807) is 0 Å². The van der Waals surface area contributed by atoms with Gasteiger partial charge in [0, 0.05) is 5.56 Å². The molecule has 0 spiro atoms. The summed E-state index contributed by atoms with van der Waals surface area (Å²) in [6.45, 7) is 4.13. The Bertz CT molecular complexity index is 459. The van der Waals surface area contributed by atoms with Gasteiger partial charge in [0.15, 0.2) is 0 Å². The summed E-state index contributed by atoms with van der Waals surface area (Å²) in [7, 11) is 0. The van der Waals surface area contributed by atoms with Crippen LogP contribution in [0.4, 0.5) is 5.82 Å². The molecule has 1 atom stereocenters. The number of anilines is 1. The monoisotopic (exact) mass is 215 g/mol. The Hall–Kier alpha value is -1.77. The first-order chi connectivity index (χ1) is 7.74. The molecule has 0 saturated carbocycles. The molecule has 1 aromatic heterocycles. The van der Waals surface area contributed by atoms with Crippen LogP contribution in [0.5, 0.6) is 0 Å². The van der Waals surface area contributed by atoms with Gasteiger partial charge in [-0.3, -0.25) is 0 Å². The molecule has 0 amide bonds. The van der Waals surface area contributed by atoms with Crippen molar-refractivity contribution in [2.24, 2.45) is 0 Å². The number of aryl methyl sites for hydroxylation is 1. The van der Waals surface area contributed by atoms with Gasteiger partial charge in [0.2, 0.25) is 0 Å². The van der Waals surface area contributed by atoms with Crippen LogP contribution >= 0.6 is 0 Å². The Morgan fingerprint density at radius 1 is 1.31 bits per heavy atom. The summed E-state index contributed by atoms with van der Waals surface area (Å²) in [5, 5.41) is 4.35. The number of nitrogens with zero attached hydrogens (tertiary/aromatic N) is 2. The van der Waals surface area contributed by atoms with E-state index in [-0.39, 0.29) is 6.04 Å². The highest BCUT2D eigenvalue weighted by atomic mass is 15.3. The van der Waals surface area contributed by atoms with Gasteiger partial charge in [0.1, 0.15) is 5.82 Å². The topological polar surface area (TPSA) is 43.8 Å². The summed E-state index contributed by atoms with van der Waals surface area (Å²) in [6, 6.07) is 10.6. The molecule has 2 aromatic rings. The highest BCUT2D eigenvalue weighted by Crippen LogP contribution is 2.24. The van der Waals surface area contributed by atoms with Gasteiger partial charge in [-0.15, -0.1) is 0 Å². The lowest BCUT2D eigenvalue weighted by molar-refractivity contribution is 0.516. The lowest BCUT2D eigenvalue weighted by Gasteiger charge is -2.17. The molecule has 0 aliphatic carbocycles. The molecule has 0 aliphatic heterocycles. The maximum absolute atomic E-state index is 6.02. The predicted molar refractivity (Wildman–Crippen MR) is 66.2 cm³/mol. The van der Waals surface area contributed by atoms with Crippen molar-refractivity contribution in [2.75, 3.05) is 5.73 Å². The number of nitrogen functional groups attached to an aromatic ring is 1. The first-order valence-electron chi connectivity index (χ1n) is 5.58. The van der Waals surface area contributed by atoms with E-state index in [1.165, 1.54) is 5.56 Å². The number of aromatic nitrogens is 2. The molecule has 1 heterocycles. The van der Waals surface area contributed by atoms with Gasteiger partial charge in [-0.25, -0.2) is 4.68 Å². The van der Waals surface area contributed by atoms with E-state index in [1.807, 2.05) is 36.0 Å². The highest BCUT2D eigenvalue weighted by Gasteiger charge is 2.15. The van der Waals surface area contributed by atoms with Crippen LogP contribution < -0.4 is 5.73 Å². The lowest BCUT2D eigenvalue weighted by Crippen LogP contribution is -2.13. The van der Waals surface area contributed by atoms with Gasteiger partial charge in [0.05, 0.1) is 12.2 Å². The fourth-order valence-corrected chi connectivity index (χ4v) is 1.93. The zero-order chi connectivity index (χ0) is 11.5. The zero-order valence-electron chi connectivity index (χ0n) is 9.72. The Balaban J connectivity index is 2.41. The molecule has 16 heavy (non-hydrogen) atoms. The third kappa shape index (κ3) is 1.81. The molecule has 0 radical (unpaired) electrons. The minimum absolute atomic E-state index is 0.231. The van der Waals surface area contributed by atoms with Crippen LogP contribution in [0.2, 0.25) is 0 Å². The second kappa shape index (κ2) is 4.39. The summed E-state index contributed by atoms with van der Waals surface area (Å²) in [6.07, 6.45) is 2.80. The second-order valence-electron chi connectivity index (χ2n) is 3.99. The van der Waals surface area contributed by atoms with Gasteiger partial charge >= 0.3 is 0 Å². The van der Waals surface area contributed by atoms with Crippen molar-refractivity contribution in [3.05, 3.63) is 47.7 Å². The van der Waals surface area contributed by atoms with Crippen LogP contribution in [0.3, 0.4) is 0 Å². The Morgan fingerprint density at radius 3 is 2.50 bits per heavy atom. The molecule has 0 saturated heterocycles. The highest BCUT2D eigenvalue weighted by molar-refractivity contribution is 5.39. The van der Waals surface area contributed by atoms with E-state index in [4.69, 9.17) is 5.73 Å². The van der Waals surface area contributed by atoms with Crippen molar-refractivity contribution in [3.8, 4) is 0 Å². The number of hydrogen-bond acceptors (Lipinski definition) is 2. The van der Waals surface area contributed by atoms with Gasteiger partial charge in [0.25, 0.3) is 0 Å². The lowest BCUT2D eigenvalue weighted by atomic mass is 10.1. The standard InChI is InChI=1S/C13H17N3/c1-3-12(11-7-5-4-6-8-11)16-13(14)10(2)9-15-16/h4-9,12H,3,14H2,1-2H3. The maximum atomic E-state index is 6.02. The number of rotatable bonds is 3. The van der Waals surface area contributed by atoms with Crippen molar-refractivity contribution in [3.63, 3.8) is 0 Å².